The Morgan fingerprint density at radius 2 is 1.89 bits per heavy atom. The first-order valence-corrected chi connectivity index (χ1v) is 13.8. The molecule has 2 aliphatic rings. The molecule has 0 spiro atoms. The summed E-state index contributed by atoms with van der Waals surface area (Å²) in [6, 6.07) is 0.968. The van der Waals surface area contributed by atoms with Crippen molar-refractivity contribution in [3.8, 4) is 0 Å². The third-order valence-corrected chi connectivity index (χ3v) is 8.55. The topological polar surface area (TPSA) is 87.8 Å². The molecule has 37 heavy (non-hydrogen) atoms. The molecular formula is C28H44F3N3O3. The molecule has 1 saturated heterocycles. The van der Waals surface area contributed by atoms with E-state index in [-0.39, 0.29) is 17.9 Å². The van der Waals surface area contributed by atoms with Gasteiger partial charge in [0.1, 0.15) is 0 Å². The average molecular weight is 528 g/mol. The van der Waals surface area contributed by atoms with Crippen molar-refractivity contribution in [3.05, 3.63) is 35.1 Å². The highest BCUT2D eigenvalue weighted by molar-refractivity contribution is 5.72. The van der Waals surface area contributed by atoms with Gasteiger partial charge in [0.05, 0.1) is 5.60 Å². The fraction of sp³-hybridized carbons (Fsp3) is 0.750. The number of halogens is 3. The normalized spacial score (nSPS) is 23.6. The number of methoxy groups -OCH3 is 1. The fourth-order valence-electron chi connectivity index (χ4n) is 6.86. The van der Waals surface area contributed by atoms with Gasteiger partial charge in [0.25, 0.3) is 0 Å². The Bertz CT molecular complexity index is 884. The number of likely N-dealkylation sites (tertiary alicyclic amines) is 1. The number of carbonyl (C=O) groups excluding carboxylic acids is 1. The first-order valence-electron chi connectivity index (χ1n) is 13.8. The number of carbonyl (C=O) groups is 1. The number of amides is 2. The summed E-state index contributed by atoms with van der Waals surface area (Å²) >= 11 is 0. The zero-order valence-electron chi connectivity index (χ0n) is 22.3. The summed E-state index contributed by atoms with van der Waals surface area (Å²) in [5.74, 6) is -4.41. The van der Waals surface area contributed by atoms with Gasteiger partial charge in [-0.15, -0.1) is 0 Å². The molecule has 1 aliphatic carbocycles. The Morgan fingerprint density at radius 1 is 1.16 bits per heavy atom. The minimum absolute atomic E-state index is 0.0373. The number of piperidine rings is 1. The molecule has 2 amide bonds. The van der Waals surface area contributed by atoms with Gasteiger partial charge in [0, 0.05) is 37.8 Å². The number of unbranched alkanes of at least 4 members (excludes halogenated alkanes) is 1. The number of hydrogen-bond acceptors (Lipinski definition) is 4. The van der Waals surface area contributed by atoms with E-state index in [1.165, 1.54) is 19.3 Å². The number of rotatable bonds is 12. The van der Waals surface area contributed by atoms with Crippen molar-refractivity contribution < 1.29 is 27.8 Å². The average Bonchev–Trinajstić information content (AvgIpc) is 2.89. The van der Waals surface area contributed by atoms with Crippen molar-refractivity contribution in [2.24, 2.45) is 23.5 Å². The van der Waals surface area contributed by atoms with Crippen LogP contribution in [0.15, 0.2) is 12.1 Å². The molecule has 210 valence electrons. The van der Waals surface area contributed by atoms with E-state index in [2.05, 4.69) is 5.32 Å². The van der Waals surface area contributed by atoms with Gasteiger partial charge in [0.15, 0.2) is 17.5 Å². The van der Waals surface area contributed by atoms with Gasteiger partial charge < -0.3 is 25.8 Å². The van der Waals surface area contributed by atoms with Crippen molar-refractivity contribution in [1.29, 1.82) is 0 Å². The van der Waals surface area contributed by atoms with Crippen molar-refractivity contribution in [1.82, 2.24) is 10.2 Å². The highest BCUT2D eigenvalue weighted by Gasteiger charge is 2.51. The van der Waals surface area contributed by atoms with Crippen LogP contribution in [-0.2, 0) is 10.3 Å². The number of hydrogen-bond donors (Lipinski definition) is 3. The number of ether oxygens (including phenoxy) is 1. The van der Waals surface area contributed by atoms with Gasteiger partial charge >= 0.3 is 6.03 Å². The number of benzene rings is 1. The molecule has 0 aromatic heterocycles. The van der Waals surface area contributed by atoms with E-state index in [4.69, 9.17) is 10.5 Å². The lowest BCUT2D eigenvalue weighted by Gasteiger charge is -2.51. The maximum Gasteiger partial charge on any atom is 0.315 e. The zero-order valence-corrected chi connectivity index (χ0v) is 22.3. The van der Waals surface area contributed by atoms with Crippen LogP contribution in [0.2, 0.25) is 0 Å². The summed E-state index contributed by atoms with van der Waals surface area (Å²) in [6.45, 7) is 1.50. The Balaban J connectivity index is 2.07. The Kier molecular flexibility index (Phi) is 11.1. The van der Waals surface area contributed by atoms with Crippen molar-refractivity contribution in [3.63, 3.8) is 0 Å². The van der Waals surface area contributed by atoms with Gasteiger partial charge in [-0.2, -0.15) is 0 Å². The summed E-state index contributed by atoms with van der Waals surface area (Å²) in [5, 5.41) is 15.6. The highest BCUT2D eigenvalue weighted by Crippen LogP contribution is 2.47. The largest absolute Gasteiger partial charge is 0.385 e. The molecule has 1 saturated carbocycles. The summed E-state index contributed by atoms with van der Waals surface area (Å²) in [4.78, 5) is 14.3. The molecule has 1 aromatic rings. The number of nitrogens with zero attached hydrogens (tertiary/aromatic N) is 1. The van der Waals surface area contributed by atoms with Gasteiger partial charge in [-0.05, 0) is 70.0 Å². The smallest absolute Gasteiger partial charge is 0.315 e. The fourth-order valence-corrected chi connectivity index (χ4v) is 6.86. The van der Waals surface area contributed by atoms with Gasteiger partial charge in [0.2, 0.25) is 0 Å². The first kappa shape index (κ1) is 29.7. The quantitative estimate of drug-likeness (QED) is 0.262. The van der Waals surface area contributed by atoms with E-state index >= 15 is 4.39 Å². The minimum Gasteiger partial charge on any atom is -0.385 e. The van der Waals surface area contributed by atoms with Crippen LogP contribution in [-0.4, -0.2) is 55.9 Å². The molecule has 2 fully saturated rings. The maximum absolute atomic E-state index is 15.3. The van der Waals surface area contributed by atoms with Gasteiger partial charge in [-0.25, -0.2) is 18.0 Å². The molecule has 1 heterocycles. The van der Waals surface area contributed by atoms with Crippen LogP contribution < -0.4 is 11.1 Å². The summed E-state index contributed by atoms with van der Waals surface area (Å²) in [7, 11) is 3.43. The van der Waals surface area contributed by atoms with Gasteiger partial charge in [-0.1, -0.05) is 38.2 Å². The molecule has 2 unspecified atom stereocenters. The molecule has 9 heteroatoms. The molecule has 1 aromatic carbocycles. The molecule has 1 aliphatic heterocycles. The van der Waals surface area contributed by atoms with Crippen molar-refractivity contribution >= 4 is 6.03 Å². The van der Waals surface area contributed by atoms with Crippen LogP contribution in [0.3, 0.4) is 0 Å². The lowest BCUT2D eigenvalue weighted by atomic mass is 9.65. The predicted octanol–water partition coefficient (Wildman–Crippen LogP) is 5.07. The standard InChI is InChI=1S/C28H44F3N3O3/c1-33-18-20(17-19-9-4-3-5-10-19)26-22(11-8-15-34(26)27(32)35)28(36,14-6-7-16-37-2)21-12-13-23(29)25(31)24(21)30/h12-13,19-20,22,26,33,36H,3-11,14-18H2,1-2H3,(H2,32,35)/t20-,22?,26?,28+/m0/s1. The molecular weight excluding hydrogens is 483 g/mol. The lowest BCUT2D eigenvalue weighted by Crippen LogP contribution is -2.60. The van der Waals surface area contributed by atoms with Crippen LogP contribution in [0.1, 0.15) is 76.2 Å². The van der Waals surface area contributed by atoms with E-state index in [0.717, 1.165) is 31.4 Å². The Labute approximate surface area is 219 Å². The molecule has 3 rings (SSSR count). The molecule has 0 bridgehead atoms. The van der Waals surface area contributed by atoms with Crippen LogP contribution in [0.25, 0.3) is 0 Å². The second-order valence-electron chi connectivity index (χ2n) is 10.9. The van der Waals surface area contributed by atoms with Crippen LogP contribution in [0.4, 0.5) is 18.0 Å². The lowest BCUT2D eigenvalue weighted by molar-refractivity contribution is -0.0957. The Morgan fingerprint density at radius 3 is 2.54 bits per heavy atom. The van der Waals surface area contributed by atoms with Crippen LogP contribution in [0.5, 0.6) is 0 Å². The third-order valence-electron chi connectivity index (χ3n) is 8.55. The summed E-state index contributed by atoms with van der Waals surface area (Å²) < 4.78 is 48.8. The summed E-state index contributed by atoms with van der Waals surface area (Å²) in [5.41, 5.74) is 3.79. The first-order chi connectivity index (χ1) is 17.7. The zero-order chi connectivity index (χ0) is 27.0. The van der Waals surface area contributed by atoms with Gasteiger partial charge in [-0.3, -0.25) is 0 Å². The van der Waals surface area contributed by atoms with E-state index in [1.807, 2.05) is 7.05 Å². The molecule has 4 atom stereocenters. The second kappa shape index (κ2) is 13.8. The van der Waals surface area contributed by atoms with Crippen LogP contribution in [0, 0.1) is 35.2 Å². The number of nitrogens with two attached hydrogens (primary N) is 1. The maximum atomic E-state index is 15.3. The second-order valence-corrected chi connectivity index (χ2v) is 10.9. The van der Waals surface area contributed by atoms with E-state index in [1.54, 1.807) is 12.0 Å². The SMILES string of the molecule is CNC[C@H](CC1CCCCC1)C1C([C@@](O)(CCCCOC)c2ccc(F)c(F)c2F)CCCN1C(N)=O. The van der Waals surface area contributed by atoms with E-state index in [9.17, 15) is 18.7 Å². The number of aliphatic hydroxyl groups is 1. The Hall–Kier alpha value is -1.84. The minimum atomic E-state index is -1.82. The van der Waals surface area contributed by atoms with Crippen molar-refractivity contribution in [2.75, 3.05) is 33.9 Å². The molecule has 6 nitrogen and oxygen atoms in total. The molecule has 0 radical (unpaired) electrons. The summed E-state index contributed by atoms with van der Waals surface area (Å²) in [6.07, 6.45) is 8.98. The molecule has 4 N–H and O–H groups in total. The predicted molar refractivity (Wildman–Crippen MR) is 137 cm³/mol. The van der Waals surface area contributed by atoms with Crippen molar-refractivity contribution in [2.45, 2.75) is 82.3 Å². The number of urea groups is 1. The highest BCUT2D eigenvalue weighted by atomic mass is 19.2. The monoisotopic (exact) mass is 527 g/mol. The third kappa shape index (κ3) is 6.98. The van der Waals surface area contributed by atoms with E-state index in [0.29, 0.717) is 51.3 Å². The van der Waals surface area contributed by atoms with E-state index < -0.39 is 41.0 Å². The number of primary amides is 1. The number of nitrogens with one attached hydrogen (secondary N) is 1. The van der Waals surface area contributed by atoms with Crippen LogP contribution >= 0.6 is 0 Å².